The average molecular weight is 597 g/mol. The summed E-state index contributed by atoms with van der Waals surface area (Å²) >= 11 is 0. The summed E-state index contributed by atoms with van der Waals surface area (Å²) in [6.07, 6.45) is 1.71. The van der Waals surface area contributed by atoms with E-state index in [1.165, 1.54) is 0 Å². The fourth-order valence-corrected chi connectivity index (χ4v) is 3.72. The third kappa shape index (κ3) is 13.1. The van der Waals surface area contributed by atoms with Gasteiger partial charge < -0.3 is 42.4 Å². The summed E-state index contributed by atoms with van der Waals surface area (Å²) in [5.41, 5.74) is 0. The van der Waals surface area contributed by atoms with Crippen LogP contribution in [0, 0.1) is 0 Å². The van der Waals surface area contributed by atoms with Gasteiger partial charge in [-0.05, 0) is 113 Å². The van der Waals surface area contributed by atoms with Gasteiger partial charge in [0, 0.05) is 0 Å². The van der Waals surface area contributed by atoms with Gasteiger partial charge in [0.25, 0.3) is 0 Å². The van der Waals surface area contributed by atoms with Crippen LogP contribution in [-0.2, 0) is 14.2 Å². The van der Waals surface area contributed by atoms with Crippen LogP contribution in [0.1, 0.15) is 60.8 Å². The molecular formula is C33H45BO9. The molecule has 0 aliphatic carbocycles. The third-order valence-electron chi connectivity index (χ3n) is 5.74. The van der Waals surface area contributed by atoms with Gasteiger partial charge in [0.15, 0.2) is 18.9 Å². The molecule has 0 aromatic heterocycles. The van der Waals surface area contributed by atoms with Crippen molar-refractivity contribution in [2.75, 3.05) is 19.8 Å². The first kappa shape index (κ1) is 33.9. The number of benzene rings is 3. The molecule has 43 heavy (non-hydrogen) atoms. The zero-order chi connectivity index (χ0) is 30.9. The molecule has 10 heteroatoms. The SMILES string of the molecule is CCCOC(C)Oc1ccc(OB(Oc2ccc(OC(C)OCCC)cc2)Oc2ccc(OC(C)OCCC)cc2)cc1. The van der Waals surface area contributed by atoms with Crippen LogP contribution in [0.4, 0.5) is 0 Å². The van der Waals surface area contributed by atoms with E-state index >= 15 is 0 Å². The molecule has 3 unspecified atom stereocenters. The lowest BCUT2D eigenvalue weighted by atomic mass is 10.2. The minimum atomic E-state index is -1.10. The molecule has 0 N–H and O–H groups in total. The smallest absolute Gasteiger partial charge is 0.490 e. The molecule has 0 spiro atoms. The Bertz CT molecular complexity index is 996. The van der Waals surface area contributed by atoms with Crippen molar-refractivity contribution in [1.82, 2.24) is 0 Å². The molecule has 234 valence electrons. The molecule has 9 nitrogen and oxygen atoms in total. The molecule has 3 atom stereocenters. The highest BCUT2D eigenvalue weighted by Crippen LogP contribution is 2.25. The standard InChI is InChI=1S/C33H45BO9/c1-7-22-35-25(4)38-28-10-16-31(17-11-28)41-34(42-32-18-12-29(13-19-32)39-26(5)36-23-8-2)43-33-20-14-30(15-21-33)40-27(6)37-24-9-3/h10-21,25-27H,7-9,22-24H2,1-6H3. The monoisotopic (exact) mass is 596 g/mol. The minimum Gasteiger partial charge on any atom is -0.490 e. The lowest BCUT2D eigenvalue weighted by Gasteiger charge is -2.19. The van der Waals surface area contributed by atoms with Crippen molar-refractivity contribution < 1.29 is 42.4 Å². The molecule has 3 aromatic carbocycles. The highest BCUT2D eigenvalue weighted by molar-refractivity contribution is 6.39. The Kier molecular flexibility index (Phi) is 14.9. The fourth-order valence-electron chi connectivity index (χ4n) is 3.72. The highest BCUT2D eigenvalue weighted by Gasteiger charge is 2.30. The van der Waals surface area contributed by atoms with Gasteiger partial charge in [-0.1, -0.05) is 20.8 Å². The molecule has 0 aliphatic rings. The molecule has 0 saturated carbocycles. The van der Waals surface area contributed by atoms with Crippen molar-refractivity contribution in [2.45, 2.75) is 79.7 Å². The van der Waals surface area contributed by atoms with E-state index in [0.29, 0.717) is 54.3 Å². The van der Waals surface area contributed by atoms with E-state index in [-0.39, 0.29) is 18.9 Å². The first-order chi connectivity index (χ1) is 20.9. The Balaban J connectivity index is 1.68. The van der Waals surface area contributed by atoms with Crippen molar-refractivity contribution in [3.8, 4) is 34.5 Å². The maximum absolute atomic E-state index is 6.09. The van der Waals surface area contributed by atoms with Crippen LogP contribution < -0.4 is 28.2 Å². The second-order valence-corrected chi connectivity index (χ2v) is 9.73. The van der Waals surface area contributed by atoms with Crippen molar-refractivity contribution in [2.24, 2.45) is 0 Å². The zero-order valence-corrected chi connectivity index (χ0v) is 26.2. The molecule has 0 heterocycles. The van der Waals surface area contributed by atoms with Crippen LogP contribution in [0.5, 0.6) is 34.5 Å². The highest BCUT2D eigenvalue weighted by atomic mass is 16.7. The Morgan fingerprint density at radius 1 is 0.419 bits per heavy atom. The van der Waals surface area contributed by atoms with Gasteiger partial charge in [-0.2, -0.15) is 0 Å². The van der Waals surface area contributed by atoms with Gasteiger partial charge in [0.05, 0.1) is 19.8 Å². The molecule has 0 aliphatic heterocycles. The summed E-state index contributed by atoms with van der Waals surface area (Å²) < 4.78 is 52.5. The van der Waals surface area contributed by atoms with Crippen LogP contribution in [0.2, 0.25) is 0 Å². The van der Waals surface area contributed by atoms with Gasteiger partial charge >= 0.3 is 7.32 Å². The van der Waals surface area contributed by atoms with E-state index in [0.717, 1.165) is 19.3 Å². The van der Waals surface area contributed by atoms with Crippen molar-refractivity contribution in [1.29, 1.82) is 0 Å². The van der Waals surface area contributed by atoms with Gasteiger partial charge in [-0.15, -0.1) is 0 Å². The summed E-state index contributed by atoms with van der Waals surface area (Å²) in [5, 5.41) is 0. The number of hydrogen-bond donors (Lipinski definition) is 0. The number of hydrogen-bond acceptors (Lipinski definition) is 9. The van der Waals surface area contributed by atoms with Crippen molar-refractivity contribution >= 4 is 7.32 Å². The summed E-state index contributed by atoms with van der Waals surface area (Å²) in [6, 6.07) is 21.5. The third-order valence-corrected chi connectivity index (χ3v) is 5.74. The van der Waals surface area contributed by atoms with Crippen LogP contribution in [0.15, 0.2) is 72.8 Å². The molecule has 0 radical (unpaired) electrons. The van der Waals surface area contributed by atoms with Crippen LogP contribution >= 0.6 is 0 Å². The molecule has 3 rings (SSSR count). The molecule has 3 aromatic rings. The van der Waals surface area contributed by atoms with Crippen LogP contribution in [-0.4, -0.2) is 46.0 Å². The largest absolute Gasteiger partial charge is 0.864 e. The summed E-state index contributed by atoms with van der Waals surface area (Å²) in [7, 11) is -1.10. The lowest BCUT2D eigenvalue weighted by Crippen LogP contribution is -2.37. The van der Waals surface area contributed by atoms with Crippen molar-refractivity contribution in [3.05, 3.63) is 72.8 Å². The molecular weight excluding hydrogens is 551 g/mol. The summed E-state index contributed by atoms with van der Waals surface area (Å²) in [4.78, 5) is 0. The van der Waals surface area contributed by atoms with Crippen molar-refractivity contribution in [3.63, 3.8) is 0 Å². The molecule has 0 fully saturated rings. The summed E-state index contributed by atoms with van der Waals surface area (Å²) in [6.45, 7) is 13.7. The Labute approximate surface area is 256 Å². The number of rotatable bonds is 21. The van der Waals surface area contributed by atoms with E-state index < -0.39 is 7.32 Å². The van der Waals surface area contributed by atoms with Crippen LogP contribution in [0.3, 0.4) is 0 Å². The van der Waals surface area contributed by atoms with E-state index in [1.807, 2.05) is 20.8 Å². The van der Waals surface area contributed by atoms with Gasteiger partial charge in [-0.3, -0.25) is 0 Å². The maximum atomic E-state index is 6.09. The molecule has 0 bridgehead atoms. The Hall–Kier alpha value is -3.60. The second-order valence-electron chi connectivity index (χ2n) is 9.73. The molecule has 0 saturated heterocycles. The average Bonchev–Trinajstić information content (AvgIpc) is 3.01. The second kappa shape index (κ2) is 18.8. The maximum Gasteiger partial charge on any atom is 0.864 e. The zero-order valence-electron chi connectivity index (χ0n) is 26.2. The minimum absolute atomic E-state index is 0.354. The van der Waals surface area contributed by atoms with E-state index in [9.17, 15) is 0 Å². The lowest BCUT2D eigenvalue weighted by molar-refractivity contribution is -0.0666. The van der Waals surface area contributed by atoms with Gasteiger partial charge in [0.2, 0.25) is 0 Å². The van der Waals surface area contributed by atoms with Crippen LogP contribution in [0.25, 0.3) is 0 Å². The molecule has 0 amide bonds. The predicted octanol–water partition coefficient (Wildman–Crippen LogP) is 7.66. The Morgan fingerprint density at radius 2 is 0.651 bits per heavy atom. The topological polar surface area (TPSA) is 83.1 Å². The van der Waals surface area contributed by atoms with E-state index in [4.69, 9.17) is 42.4 Å². The fraction of sp³-hybridized carbons (Fsp3) is 0.455. The quantitative estimate of drug-likeness (QED) is 0.0909. The summed E-state index contributed by atoms with van der Waals surface area (Å²) in [5.74, 6) is 3.58. The van der Waals surface area contributed by atoms with Gasteiger partial charge in [-0.25, -0.2) is 0 Å². The Morgan fingerprint density at radius 3 is 0.884 bits per heavy atom. The first-order valence-corrected chi connectivity index (χ1v) is 15.0. The van der Waals surface area contributed by atoms with Gasteiger partial charge in [0.1, 0.15) is 34.5 Å². The normalized spacial score (nSPS) is 13.0. The van der Waals surface area contributed by atoms with E-state index in [1.54, 1.807) is 72.8 Å². The predicted molar refractivity (Wildman–Crippen MR) is 166 cm³/mol. The van der Waals surface area contributed by atoms with E-state index in [2.05, 4.69) is 20.8 Å². The number of ether oxygens (including phenoxy) is 6. The first-order valence-electron chi connectivity index (χ1n) is 15.0.